The van der Waals surface area contributed by atoms with Crippen LogP contribution in [0.5, 0.6) is 0 Å². The topological polar surface area (TPSA) is 53.1 Å². The molecule has 0 radical (unpaired) electrons. The Labute approximate surface area is 158 Å². The van der Waals surface area contributed by atoms with Gasteiger partial charge in [-0.1, -0.05) is 18.2 Å². The van der Waals surface area contributed by atoms with Gasteiger partial charge in [0.1, 0.15) is 5.65 Å². The number of nitriles is 1. The van der Waals surface area contributed by atoms with E-state index in [0.717, 1.165) is 12.1 Å². The van der Waals surface area contributed by atoms with Crippen LogP contribution in [-0.2, 0) is 6.18 Å². The molecule has 0 atom stereocenters. The number of nitrogens with zero attached hydrogens (tertiary/aromatic N) is 3. The Morgan fingerprint density at radius 1 is 1.00 bits per heavy atom. The number of fused-ring (bicyclic) bond motifs is 1. The lowest BCUT2D eigenvalue weighted by molar-refractivity contribution is -0.137. The predicted molar refractivity (Wildman–Crippen MR) is 100 cm³/mol. The maximum atomic E-state index is 13.3. The maximum absolute atomic E-state index is 13.3. The highest BCUT2D eigenvalue weighted by Gasteiger charge is 2.31. The van der Waals surface area contributed by atoms with Crippen molar-refractivity contribution in [3.63, 3.8) is 0 Å². The lowest BCUT2D eigenvalue weighted by atomic mass is 10.1. The Morgan fingerprint density at radius 3 is 2.64 bits per heavy atom. The van der Waals surface area contributed by atoms with E-state index >= 15 is 0 Å². The van der Waals surface area contributed by atoms with E-state index in [1.165, 1.54) is 6.07 Å². The van der Waals surface area contributed by atoms with E-state index in [4.69, 9.17) is 5.26 Å². The molecule has 0 spiro atoms. The summed E-state index contributed by atoms with van der Waals surface area (Å²) < 4.78 is 41.6. The molecule has 0 aliphatic heterocycles. The highest BCUT2D eigenvalue weighted by Crippen LogP contribution is 2.37. The quantitative estimate of drug-likeness (QED) is 0.502. The molecule has 2 heterocycles. The second-order valence-corrected chi connectivity index (χ2v) is 6.15. The molecule has 0 saturated carbocycles. The lowest BCUT2D eigenvalue weighted by Gasteiger charge is -2.15. The molecule has 4 rings (SSSR count). The smallest absolute Gasteiger partial charge is 0.355 e. The van der Waals surface area contributed by atoms with Gasteiger partial charge in [0.15, 0.2) is 0 Å². The zero-order valence-electron chi connectivity index (χ0n) is 14.4. The first-order chi connectivity index (χ1) is 13.5. The van der Waals surface area contributed by atoms with Gasteiger partial charge in [-0.15, -0.1) is 0 Å². The normalized spacial score (nSPS) is 11.4. The maximum Gasteiger partial charge on any atom is 0.416 e. The zero-order valence-corrected chi connectivity index (χ0v) is 14.4. The summed E-state index contributed by atoms with van der Waals surface area (Å²) in [6.07, 6.45) is -1.05. The molecule has 4 aromatic rings. The first kappa shape index (κ1) is 17.6. The number of benzene rings is 2. The van der Waals surface area contributed by atoms with E-state index in [0.29, 0.717) is 28.2 Å². The van der Waals surface area contributed by atoms with Crippen LogP contribution in [0.15, 0.2) is 73.1 Å². The molecule has 4 nitrogen and oxygen atoms in total. The van der Waals surface area contributed by atoms with Crippen LogP contribution < -0.4 is 5.32 Å². The molecule has 7 heteroatoms. The van der Waals surface area contributed by atoms with Crippen molar-refractivity contribution in [1.29, 1.82) is 5.26 Å². The molecule has 0 bridgehead atoms. The molecule has 28 heavy (non-hydrogen) atoms. The molecule has 0 amide bonds. The Hall–Kier alpha value is -3.79. The van der Waals surface area contributed by atoms with Crippen LogP contribution in [0.1, 0.15) is 11.1 Å². The summed E-state index contributed by atoms with van der Waals surface area (Å²) in [5.74, 6) is 0. The third-order valence-electron chi connectivity index (χ3n) is 4.31. The van der Waals surface area contributed by atoms with Crippen molar-refractivity contribution in [3.8, 4) is 17.3 Å². The van der Waals surface area contributed by atoms with Crippen LogP contribution in [0.3, 0.4) is 0 Å². The third kappa shape index (κ3) is 3.28. The van der Waals surface area contributed by atoms with Crippen LogP contribution in [-0.4, -0.2) is 9.38 Å². The summed E-state index contributed by atoms with van der Waals surface area (Å²) in [6, 6.07) is 17.6. The Kier molecular flexibility index (Phi) is 4.24. The molecule has 2 aromatic heterocycles. The average Bonchev–Trinajstić information content (AvgIpc) is 3.11. The number of aromatic nitrogens is 2. The number of hydrogen-bond acceptors (Lipinski definition) is 3. The number of anilines is 2. The molecule has 2 aromatic carbocycles. The Bertz CT molecular complexity index is 1200. The van der Waals surface area contributed by atoms with Gasteiger partial charge in [-0.25, -0.2) is 4.98 Å². The summed E-state index contributed by atoms with van der Waals surface area (Å²) in [7, 11) is 0. The van der Waals surface area contributed by atoms with Crippen LogP contribution in [0.25, 0.3) is 16.9 Å². The van der Waals surface area contributed by atoms with Crippen LogP contribution in [0.4, 0.5) is 24.5 Å². The SMILES string of the molecule is N#Cc1cccc(Nc2cc(C(F)(F)F)ccc2-c2cnc3ccccn23)c1. The van der Waals surface area contributed by atoms with Gasteiger partial charge < -0.3 is 5.32 Å². The zero-order chi connectivity index (χ0) is 19.7. The highest BCUT2D eigenvalue weighted by atomic mass is 19.4. The minimum Gasteiger partial charge on any atom is -0.355 e. The van der Waals surface area contributed by atoms with Gasteiger partial charge in [0.2, 0.25) is 0 Å². The van der Waals surface area contributed by atoms with Gasteiger partial charge in [-0.05, 0) is 42.5 Å². The van der Waals surface area contributed by atoms with Crippen LogP contribution in [0.2, 0.25) is 0 Å². The van der Waals surface area contributed by atoms with Crippen molar-refractivity contribution in [2.75, 3.05) is 5.32 Å². The minimum absolute atomic E-state index is 0.274. The molecule has 0 aliphatic carbocycles. The predicted octanol–water partition coefficient (Wildman–Crippen LogP) is 5.64. The van der Waals surface area contributed by atoms with Crippen molar-refractivity contribution in [1.82, 2.24) is 9.38 Å². The van der Waals surface area contributed by atoms with Crippen molar-refractivity contribution in [2.45, 2.75) is 6.18 Å². The van der Waals surface area contributed by atoms with Gasteiger partial charge in [-0.3, -0.25) is 4.40 Å². The number of halogens is 3. The van der Waals surface area contributed by atoms with Crippen molar-refractivity contribution in [3.05, 3.63) is 84.2 Å². The standard InChI is InChI=1S/C21H13F3N4/c22-21(23,24)15-7-8-17(19-13-26-20-6-1-2-9-28(19)20)18(11-15)27-16-5-3-4-14(10-16)12-25/h1-11,13,27H. The third-order valence-corrected chi connectivity index (χ3v) is 4.31. The molecule has 0 unspecified atom stereocenters. The second kappa shape index (κ2) is 6.74. The summed E-state index contributed by atoms with van der Waals surface area (Å²) in [6.45, 7) is 0. The average molecular weight is 378 g/mol. The Morgan fingerprint density at radius 2 is 1.86 bits per heavy atom. The fourth-order valence-electron chi connectivity index (χ4n) is 3.00. The van der Waals surface area contributed by atoms with Gasteiger partial charge in [0.25, 0.3) is 0 Å². The van der Waals surface area contributed by atoms with E-state index in [1.807, 2.05) is 24.3 Å². The second-order valence-electron chi connectivity index (χ2n) is 6.15. The summed E-state index contributed by atoms with van der Waals surface area (Å²) in [4.78, 5) is 4.31. The van der Waals surface area contributed by atoms with Crippen molar-refractivity contribution in [2.24, 2.45) is 0 Å². The monoisotopic (exact) mass is 378 g/mol. The molecule has 0 fully saturated rings. The van der Waals surface area contributed by atoms with Gasteiger partial charge in [0, 0.05) is 23.1 Å². The van der Waals surface area contributed by atoms with Crippen LogP contribution >= 0.6 is 0 Å². The number of nitrogens with one attached hydrogen (secondary N) is 1. The van der Waals surface area contributed by atoms with E-state index in [1.54, 1.807) is 41.1 Å². The molecular weight excluding hydrogens is 365 g/mol. The van der Waals surface area contributed by atoms with Gasteiger partial charge in [0.05, 0.1) is 29.1 Å². The number of rotatable bonds is 3. The Balaban J connectivity index is 1.87. The van der Waals surface area contributed by atoms with E-state index in [2.05, 4.69) is 10.3 Å². The van der Waals surface area contributed by atoms with Gasteiger partial charge >= 0.3 is 6.18 Å². The van der Waals surface area contributed by atoms with Crippen LogP contribution in [0, 0.1) is 11.3 Å². The molecule has 138 valence electrons. The summed E-state index contributed by atoms with van der Waals surface area (Å²) in [5, 5.41) is 12.1. The first-order valence-corrected chi connectivity index (χ1v) is 8.36. The minimum atomic E-state index is -4.47. The number of pyridine rings is 1. The van der Waals surface area contributed by atoms with Gasteiger partial charge in [-0.2, -0.15) is 18.4 Å². The number of hydrogen-bond donors (Lipinski definition) is 1. The largest absolute Gasteiger partial charge is 0.416 e. The van der Waals surface area contributed by atoms with Crippen molar-refractivity contribution >= 4 is 17.0 Å². The molecular formula is C21H13F3N4. The van der Waals surface area contributed by atoms with Crippen molar-refractivity contribution < 1.29 is 13.2 Å². The summed E-state index contributed by atoms with van der Waals surface area (Å²) in [5.41, 5.74) is 2.36. The fraction of sp³-hybridized carbons (Fsp3) is 0.0476. The first-order valence-electron chi connectivity index (χ1n) is 8.36. The van der Waals surface area contributed by atoms with E-state index in [-0.39, 0.29) is 5.69 Å². The fourth-order valence-corrected chi connectivity index (χ4v) is 3.00. The van der Waals surface area contributed by atoms with E-state index in [9.17, 15) is 13.2 Å². The molecule has 1 N–H and O–H groups in total. The van der Waals surface area contributed by atoms with E-state index < -0.39 is 11.7 Å². The highest BCUT2D eigenvalue weighted by molar-refractivity contribution is 5.81. The number of imidazole rings is 1. The molecule has 0 saturated heterocycles. The molecule has 0 aliphatic rings. The summed E-state index contributed by atoms with van der Waals surface area (Å²) >= 11 is 0. The number of alkyl halides is 3. The lowest BCUT2D eigenvalue weighted by Crippen LogP contribution is -2.06.